The van der Waals surface area contributed by atoms with E-state index < -0.39 is 0 Å². The molecule has 2 rings (SSSR count). The Kier molecular flexibility index (Phi) is 11.0. The van der Waals surface area contributed by atoms with Crippen molar-refractivity contribution in [1.29, 1.82) is 0 Å². The van der Waals surface area contributed by atoms with E-state index in [9.17, 15) is 4.79 Å². The van der Waals surface area contributed by atoms with Crippen LogP contribution in [0.2, 0.25) is 5.02 Å². The van der Waals surface area contributed by atoms with Gasteiger partial charge in [0, 0.05) is 25.1 Å². The minimum absolute atomic E-state index is 0. The molecule has 2 aromatic rings. The maximum atomic E-state index is 12.7. The molecule has 0 radical (unpaired) electrons. The largest absolute Gasteiger partial charge is 0.496 e. The zero-order valence-electron chi connectivity index (χ0n) is 15.5. The number of nitrogen functional groups attached to an aromatic ring is 1. The number of hydrogen-bond donors (Lipinski definition) is 1. The van der Waals surface area contributed by atoms with Crippen LogP contribution in [0.5, 0.6) is 5.75 Å². The number of thiazole rings is 1. The molecule has 0 saturated carbocycles. The molecule has 2 N–H and O–H groups in total. The van der Waals surface area contributed by atoms with E-state index >= 15 is 0 Å². The van der Waals surface area contributed by atoms with Gasteiger partial charge in [0.25, 0.3) is 5.91 Å². The Bertz CT molecular complexity index is 758. The molecule has 1 heterocycles. The molecule has 1 aromatic carbocycles. The number of rotatable bonds is 7. The van der Waals surface area contributed by atoms with Gasteiger partial charge in [-0.2, -0.15) is 0 Å². The minimum atomic E-state index is -0.217. The lowest BCUT2D eigenvalue weighted by Gasteiger charge is -2.18. The standard InChI is InChI=1S/C17H22ClN3O3S.2ClH/c1-5-24-10(2)16-20-11(9-25-16)8-21(3)17(22)12-6-13(18)14(19)7-15(12)23-4;;/h6-7,9-10H,5,8,19H2,1-4H3;2*1H. The van der Waals surface area contributed by atoms with Crippen LogP contribution in [0, 0.1) is 0 Å². The Morgan fingerprint density at radius 2 is 2.07 bits per heavy atom. The van der Waals surface area contributed by atoms with Gasteiger partial charge in [-0.15, -0.1) is 36.2 Å². The lowest BCUT2D eigenvalue weighted by molar-refractivity contribution is 0.0755. The highest BCUT2D eigenvalue weighted by Crippen LogP contribution is 2.30. The number of carbonyl (C=O) groups excluding carboxylic acids is 1. The second-order valence-electron chi connectivity index (χ2n) is 5.51. The van der Waals surface area contributed by atoms with Gasteiger partial charge in [0.15, 0.2) is 0 Å². The van der Waals surface area contributed by atoms with Gasteiger partial charge in [-0.05, 0) is 19.9 Å². The van der Waals surface area contributed by atoms with Gasteiger partial charge in [0.2, 0.25) is 0 Å². The molecule has 27 heavy (non-hydrogen) atoms. The monoisotopic (exact) mass is 455 g/mol. The van der Waals surface area contributed by atoms with Crippen LogP contribution in [0.3, 0.4) is 0 Å². The fourth-order valence-corrected chi connectivity index (χ4v) is 3.31. The summed E-state index contributed by atoms with van der Waals surface area (Å²) in [5.74, 6) is 0.175. The van der Waals surface area contributed by atoms with Crippen molar-refractivity contribution in [2.45, 2.75) is 26.5 Å². The Balaban J connectivity index is 0.00000338. The summed E-state index contributed by atoms with van der Waals surface area (Å²) in [7, 11) is 3.19. The van der Waals surface area contributed by atoms with Crippen molar-refractivity contribution in [2.75, 3.05) is 26.5 Å². The fourth-order valence-electron chi connectivity index (χ4n) is 2.33. The van der Waals surface area contributed by atoms with Crippen LogP contribution >= 0.6 is 47.8 Å². The number of halogens is 3. The van der Waals surface area contributed by atoms with Crippen molar-refractivity contribution in [2.24, 2.45) is 0 Å². The zero-order valence-corrected chi connectivity index (χ0v) is 18.7. The Morgan fingerprint density at radius 3 is 2.67 bits per heavy atom. The summed E-state index contributed by atoms with van der Waals surface area (Å²) in [6.07, 6.45) is -0.0549. The maximum Gasteiger partial charge on any atom is 0.257 e. The van der Waals surface area contributed by atoms with Crippen molar-refractivity contribution < 1.29 is 14.3 Å². The number of carbonyl (C=O) groups is 1. The maximum absolute atomic E-state index is 12.7. The lowest BCUT2D eigenvalue weighted by atomic mass is 10.1. The Labute approximate surface area is 180 Å². The number of methoxy groups -OCH3 is 1. The summed E-state index contributed by atoms with van der Waals surface area (Å²) in [5.41, 5.74) is 7.30. The average Bonchev–Trinajstić information content (AvgIpc) is 3.05. The Morgan fingerprint density at radius 1 is 1.41 bits per heavy atom. The molecule has 0 spiro atoms. The van der Waals surface area contributed by atoms with Crippen LogP contribution in [0.25, 0.3) is 0 Å². The predicted molar refractivity (Wildman–Crippen MR) is 115 cm³/mol. The van der Waals surface area contributed by atoms with Crippen molar-refractivity contribution in [3.05, 3.63) is 38.8 Å². The summed E-state index contributed by atoms with van der Waals surface area (Å²) >= 11 is 7.57. The second-order valence-corrected chi connectivity index (χ2v) is 6.81. The normalized spacial score (nSPS) is 11.1. The number of anilines is 1. The Hall–Kier alpha value is -1.25. The van der Waals surface area contributed by atoms with Crippen LogP contribution in [-0.2, 0) is 11.3 Å². The summed E-state index contributed by atoms with van der Waals surface area (Å²) < 4.78 is 10.8. The smallest absolute Gasteiger partial charge is 0.257 e. The van der Waals surface area contributed by atoms with E-state index in [2.05, 4.69) is 4.98 Å². The molecule has 0 fully saturated rings. The van der Waals surface area contributed by atoms with Crippen LogP contribution in [0.4, 0.5) is 5.69 Å². The van der Waals surface area contributed by atoms with E-state index in [1.54, 1.807) is 18.0 Å². The lowest BCUT2D eigenvalue weighted by Crippen LogP contribution is -2.27. The van der Waals surface area contributed by atoms with Gasteiger partial charge in [-0.3, -0.25) is 4.79 Å². The topological polar surface area (TPSA) is 77.7 Å². The summed E-state index contributed by atoms with van der Waals surface area (Å²) in [6.45, 7) is 4.91. The third kappa shape index (κ3) is 6.40. The molecule has 0 aliphatic rings. The van der Waals surface area contributed by atoms with Crippen molar-refractivity contribution in [3.63, 3.8) is 0 Å². The van der Waals surface area contributed by atoms with Gasteiger partial charge < -0.3 is 20.1 Å². The molecule has 0 bridgehead atoms. The van der Waals surface area contributed by atoms with Gasteiger partial charge >= 0.3 is 0 Å². The summed E-state index contributed by atoms with van der Waals surface area (Å²) in [6, 6.07) is 3.08. The second kappa shape index (κ2) is 11.6. The van der Waals surface area contributed by atoms with E-state index in [1.165, 1.54) is 24.5 Å². The van der Waals surface area contributed by atoms with Gasteiger partial charge in [0.05, 0.1) is 35.6 Å². The SMILES string of the molecule is CCOC(C)c1nc(CN(C)C(=O)c2cc(Cl)c(N)cc2OC)cs1.Cl.Cl. The first-order valence-corrected chi connectivity index (χ1v) is 9.07. The average molecular weight is 457 g/mol. The fraction of sp³-hybridized carbons (Fsp3) is 0.412. The highest BCUT2D eigenvalue weighted by molar-refractivity contribution is 7.09. The first kappa shape index (κ1) is 25.8. The number of hydrogen-bond acceptors (Lipinski definition) is 6. The molecule has 1 atom stereocenters. The quantitative estimate of drug-likeness (QED) is 0.616. The van der Waals surface area contributed by atoms with Crippen LogP contribution in [0.15, 0.2) is 17.5 Å². The molecule has 0 aliphatic heterocycles. The van der Waals surface area contributed by atoms with Crippen molar-refractivity contribution in [1.82, 2.24) is 9.88 Å². The van der Waals surface area contributed by atoms with E-state index in [0.717, 1.165) is 10.7 Å². The van der Waals surface area contributed by atoms with Crippen LogP contribution < -0.4 is 10.5 Å². The third-order valence-electron chi connectivity index (χ3n) is 3.63. The van der Waals surface area contributed by atoms with E-state index in [4.69, 9.17) is 26.8 Å². The van der Waals surface area contributed by atoms with Crippen molar-refractivity contribution >= 4 is 59.3 Å². The number of benzene rings is 1. The van der Waals surface area contributed by atoms with E-state index in [-0.39, 0.29) is 36.8 Å². The molecule has 1 unspecified atom stereocenters. The number of aromatic nitrogens is 1. The number of ether oxygens (including phenoxy) is 2. The van der Waals surface area contributed by atoms with E-state index in [1.807, 2.05) is 19.2 Å². The summed E-state index contributed by atoms with van der Waals surface area (Å²) in [5, 5.41) is 3.15. The van der Waals surface area contributed by atoms with Crippen LogP contribution in [0.1, 0.15) is 41.0 Å². The molecular weight excluding hydrogens is 433 g/mol. The molecule has 152 valence electrons. The van der Waals surface area contributed by atoms with Gasteiger partial charge in [-0.25, -0.2) is 4.98 Å². The number of amides is 1. The number of nitrogens with zero attached hydrogens (tertiary/aromatic N) is 2. The highest BCUT2D eigenvalue weighted by atomic mass is 35.5. The molecule has 0 aliphatic carbocycles. The van der Waals surface area contributed by atoms with Gasteiger partial charge in [-0.1, -0.05) is 11.6 Å². The third-order valence-corrected chi connectivity index (χ3v) is 5.01. The predicted octanol–water partition coefficient (Wildman–Crippen LogP) is 4.60. The molecule has 0 saturated heterocycles. The number of nitrogens with two attached hydrogens (primary N) is 1. The minimum Gasteiger partial charge on any atom is -0.496 e. The molecule has 6 nitrogen and oxygen atoms in total. The molecule has 10 heteroatoms. The molecule has 1 aromatic heterocycles. The first-order valence-electron chi connectivity index (χ1n) is 7.81. The summed E-state index contributed by atoms with van der Waals surface area (Å²) in [4.78, 5) is 18.8. The van der Waals surface area contributed by atoms with Gasteiger partial charge in [0.1, 0.15) is 16.9 Å². The molecule has 1 amide bonds. The van der Waals surface area contributed by atoms with E-state index in [0.29, 0.717) is 35.2 Å². The highest BCUT2D eigenvalue weighted by Gasteiger charge is 2.20. The molecular formula is C17H24Cl3N3O3S. The van der Waals surface area contributed by atoms with Crippen LogP contribution in [-0.4, -0.2) is 36.6 Å². The van der Waals surface area contributed by atoms with Crippen molar-refractivity contribution in [3.8, 4) is 5.75 Å². The first-order chi connectivity index (χ1) is 11.9. The zero-order chi connectivity index (χ0) is 18.6.